The molecular formula is C14H13ClN2O5S. The Bertz CT molecular complexity index is 692. The maximum Gasteiger partial charge on any atom is 0.320 e. The quantitative estimate of drug-likeness (QED) is 0.617. The molecule has 0 unspecified atom stereocenters. The van der Waals surface area contributed by atoms with Crippen LogP contribution < -0.4 is 10.1 Å². The Balaban J connectivity index is 2.28. The third kappa shape index (κ3) is 3.54. The van der Waals surface area contributed by atoms with Crippen LogP contribution in [-0.4, -0.2) is 41.2 Å². The predicted molar refractivity (Wildman–Crippen MR) is 87.4 cm³/mol. The van der Waals surface area contributed by atoms with Gasteiger partial charge in [-0.05, 0) is 12.1 Å². The molecule has 0 radical (unpaired) electrons. The Morgan fingerprint density at radius 2 is 2.26 bits per heavy atom. The summed E-state index contributed by atoms with van der Waals surface area (Å²) >= 11 is 11.2. The molecule has 0 fully saturated rings. The number of methoxy groups -OCH3 is 1. The zero-order valence-corrected chi connectivity index (χ0v) is 13.6. The average molecular weight is 357 g/mol. The second-order valence-corrected chi connectivity index (χ2v) is 5.27. The van der Waals surface area contributed by atoms with Crippen LogP contribution in [0, 0.1) is 0 Å². The van der Waals surface area contributed by atoms with Crippen LogP contribution in [0.2, 0.25) is 5.02 Å². The first kappa shape index (κ1) is 17.0. The standard InChI is InChI=1S/C14H13ClN2O5S/c1-21-12-8(15)3-2-4-9(12)16-13(23)11-10(19)5-6-17(14(11)20)22-7-18/h2-4,7,19H,5-6H2,1H3,(H,16,23). The average Bonchev–Trinajstić information content (AvgIpc) is 2.50. The van der Waals surface area contributed by atoms with Gasteiger partial charge in [0.25, 0.3) is 5.91 Å². The van der Waals surface area contributed by atoms with Crippen molar-refractivity contribution in [2.24, 2.45) is 0 Å². The van der Waals surface area contributed by atoms with Gasteiger partial charge in [0.1, 0.15) is 16.3 Å². The largest absolute Gasteiger partial charge is 0.511 e. The monoisotopic (exact) mass is 356 g/mol. The minimum absolute atomic E-state index is 0.0349. The number of carbonyl (C=O) groups excluding carboxylic acids is 2. The molecule has 1 amide bonds. The van der Waals surface area contributed by atoms with E-state index < -0.39 is 5.91 Å². The number of aliphatic hydroxyl groups is 1. The lowest BCUT2D eigenvalue weighted by Gasteiger charge is -2.26. The molecular weight excluding hydrogens is 344 g/mol. The molecule has 0 aromatic heterocycles. The van der Waals surface area contributed by atoms with Gasteiger partial charge in [-0.15, -0.1) is 0 Å². The van der Waals surface area contributed by atoms with E-state index in [0.29, 0.717) is 16.5 Å². The fraction of sp³-hybridized carbons (Fsp3) is 0.214. The molecule has 1 aliphatic heterocycles. The summed E-state index contributed by atoms with van der Waals surface area (Å²) in [6.07, 6.45) is 0.114. The minimum atomic E-state index is -0.709. The fourth-order valence-corrected chi connectivity index (χ4v) is 2.63. The Morgan fingerprint density at radius 3 is 2.91 bits per heavy atom. The van der Waals surface area contributed by atoms with Crippen molar-refractivity contribution < 1.29 is 24.3 Å². The zero-order chi connectivity index (χ0) is 17.0. The number of halogens is 1. The number of nitrogens with one attached hydrogen (secondary N) is 1. The topological polar surface area (TPSA) is 88.1 Å². The molecule has 7 nitrogen and oxygen atoms in total. The molecule has 0 saturated carbocycles. The van der Waals surface area contributed by atoms with Crippen LogP contribution in [0.3, 0.4) is 0 Å². The molecule has 1 aromatic rings. The van der Waals surface area contributed by atoms with Crippen LogP contribution in [0.15, 0.2) is 29.5 Å². The highest BCUT2D eigenvalue weighted by atomic mass is 35.5. The number of nitrogens with zero attached hydrogens (tertiary/aromatic N) is 1. The summed E-state index contributed by atoms with van der Waals surface area (Å²) in [6, 6.07) is 4.97. The van der Waals surface area contributed by atoms with Crippen LogP contribution in [0.1, 0.15) is 6.42 Å². The first-order chi connectivity index (χ1) is 11.0. The van der Waals surface area contributed by atoms with E-state index >= 15 is 0 Å². The molecule has 0 spiro atoms. The van der Waals surface area contributed by atoms with Crippen molar-refractivity contribution in [2.45, 2.75) is 6.42 Å². The van der Waals surface area contributed by atoms with E-state index in [1.165, 1.54) is 7.11 Å². The molecule has 9 heteroatoms. The zero-order valence-electron chi connectivity index (χ0n) is 12.0. The second kappa shape index (κ2) is 7.30. The number of hydrogen-bond donors (Lipinski definition) is 2. The molecule has 1 aromatic carbocycles. The van der Waals surface area contributed by atoms with Crippen LogP contribution in [-0.2, 0) is 14.4 Å². The number of carbonyl (C=O) groups is 2. The van der Waals surface area contributed by atoms with Gasteiger partial charge in [-0.25, -0.2) is 0 Å². The van der Waals surface area contributed by atoms with Crippen LogP contribution in [0.4, 0.5) is 5.69 Å². The van der Waals surface area contributed by atoms with Crippen molar-refractivity contribution in [2.75, 3.05) is 19.0 Å². The summed E-state index contributed by atoms with van der Waals surface area (Å²) in [5.41, 5.74) is 0.293. The number of aliphatic hydroxyl groups excluding tert-OH is 1. The van der Waals surface area contributed by atoms with Crippen LogP contribution >= 0.6 is 23.8 Å². The molecule has 0 atom stereocenters. The van der Waals surface area contributed by atoms with Crippen molar-refractivity contribution in [3.05, 3.63) is 34.6 Å². The summed E-state index contributed by atoms with van der Waals surface area (Å²) < 4.78 is 5.18. The lowest BCUT2D eigenvalue weighted by molar-refractivity contribution is -0.185. The highest BCUT2D eigenvalue weighted by molar-refractivity contribution is 7.81. The van der Waals surface area contributed by atoms with Crippen molar-refractivity contribution in [1.29, 1.82) is 0 Å². The van der Waals surface area contributed by atoms with E-state index in [9.17, 15) is 14.7 Å². The number of rotatable bonds is 5. The Morgan fingerprint density at radius 1 is 1.52 bits per heavy atom. The minimum Gasteiger partial charge on any atom is -0.511 e. The molecule has 0 bridgehead atoms. The number of hydroxylamine groups is 2. The lowest BCUT2D eigenvalue weighted by Crippen LogP contribution is -2.40. The van der Waals surface area contributed by atoms with Gasteiger partial charge >= 0.3 is 6.47 Å². The highest BCUT2D eigenvalue weighted by Crippen LogP contribution is 2.33. The lowest BCUT2D eigenvalue weighted by atomic mass is 10.1. The second-order valence-electron chi connectivity index (χ2n) is 4.46. The number of benzene rings is 1. The van der Waals surface area contributed by atoms with Crippen molar-refractivity contribution in [3.8, 4) is 5.75 Å². The van der Waals surface area contributed by atoms with Gasteiger partial charge < -0.3 is 20.0 Å². The van der Waals surface area contributed by atoms with Gasteiger partial charge in [0, 0.05) is 6.42 Å². The number of ether oxygens (including phenoxy) is 1. The van der Waals surface area contributed by atoms with Gasteiger partial charge in [0.15, 0.2) is 5.75 Å². The SMILES string of the molecule is COc1c(Cl)cccc1NC(=S)C1=C(O)CCN(OC=O)C1=O. The number of anilines is 1. The van der Waals surface area contributed by atoms with E-state index in [0.717, 1.165) is 5.06 Å². The van der Waals surface area contributed by atoms with E-state index in [2.05, 4.69) is 10.2 Å². The smallest absolute Gasteiger partial charge is 0.320 e. The number of amides is 1. The third-order valence-electron chi connectivity index (χ3n) is 3.10. The van der Waals surface area contributed by atoms with E-state index in [4.69, 9.17) is 28.6 Å². The molecule has 2 rings (SSSR count). The van der Waals surface area contributed by atoms with Crippen molar-refractivity contribution in [3.63, 3.8) is 0 Å². The molecule has 0 saturated heterocycles. The first-order valence-corrected chi connectivity index (χ1v) is 7.26. The van der Waals surface area contributed by atoms with Gasteiger partial charge in [-0.3, -0.25) is 9.59 Å². The Hall–Kier alpha value is -2.32. The first-order valence-electron chi connectivity index (χ1n) is 6.47. The van der Waals surface area contributed by atoms with Crippen LogP contribution in [0.25, 0.3) is 0 Å². The molecule has 23 heavy (non-hydrogen) atoms. The van der Waals surface area contributed by atoms with E-state index in [-0.39, 0.29) is 35.8 Å². The fourth-order valence-electron chi connectivity index (χ4n) is 2.06. The molecule has 1 heterocycles. The van der Waals surface area contributed by atoms with Gasteiger partial charge in [0.2, 0.25) is 0 Å². The molecule has 0 aliphatic carbocycles. The number of thiocarbonyl (C=S) groups is 1. The van der Waals surface area contributed by atoms with Gasteiger partial charge in [0.05, 0.1) is 24.4 Å². The maximum atomic E-state index is 12.2. The van der Waals surface area contributed by atoms with Gasteiger partial charge in [-0.2, -0.15) is 5.06 Å². The summed E-state index contributed by atoms with van der Waals surface area (Å²) in [5.74, 6) is -0.542. The number of para-hydroxylation sites is 1. The predicted octanol–water partition coefficient (Wildman–Crippen LogP) is 2.22. The Labute approximate surface area is 142 Å². The highest BCUT2D eigenvalue weighted by Gasteiger charge is 2.31. The Kier molecular flexibility index (Phi) is 5.41. The van der Waals surface area contributed by atoms with Crippen molar-refractivity contribution >= 4 is 46.9 Å². The van der Waals surface area contributed by atoms with E-state index in [1.807, 2.05) is 0 Å². The molecule has 2 N–H and O–H groups in total. The van der Waals surface area contributed by atoms with Crippen molar-refractivity contribution in [1.82, 2.24) is 5.06 Å². The molecule has 1 aliphatic rings. The summed E-state index contributed by atoms with van der Waals surface area (Å²) in [4.78, 5) is 27.2. The summed E-state index contributed by atoms with van der Waals surface area (Å²) in [7, 11) is 1.44. The normalized spacial score (nSPS) is 14.5. The summed E-state index contributed by atoms with van der Waals surface area (Å²) in [6.45, 7) is 0.185. The van der Waals surface area contributed by atoms with Crippen LogP contribution in [0.5, 0.6) is 5.75 Å². The van der Waals surface area contributed by atoms with Gasteiger partial charge in [-0.1, -0.05) is 29.9 Å². The molecule has 122 valence electrons. The third-order valence-corrected chi connectivity index (χ3v) is 3.70. The maximum absolute atomic E-state index is 12.2. The number of hydrogen-bond acceptors (Lipinski definition) is 6. The summed E-state index contributed by atoms with van der Waals surface area (Å²) in [5, 5.41) is 14.0. The van der Waals surface area contributed by atoms with E-state index in [1.54, 1.807) is 18.2 Å².